The van der Waals surface area contributed by atoms with Gasteiger partial charge in [0.25, 0.3) is 6.47 Å². The minimum Gasteiger partial charge on any atom is -0.481 e. The third-order valence-electron chi connectivity index (χ3n) is 10.2. The van der Waals surface area contributed by atoms with Crippen molar-refractivity contribution in [2.24, 2.45) is 17.8 Å². The van der Waals surface area contributed by atoms with E-state index in [-0.39, 0.29) is 175 Å². The van der Waals surface area contributed by atoms with E-state index in [1.165, 1.54) is 157 Å². The number of β-lactam (4-membered cyclic amide) rings is 4. The second kappa shape index (κ2) is 77.3. The number of likely N-dealkylation sites (tertiary alicyclic amines) is 2. The summed E-state index contributed by atoms with van der Waals surface area (Å²) in [5, 5.41) is 13.6. The Morgan fingerprint density at radius 2 is 0.606 bits per heavy atom. The van der Waals surface area contributed by atoms with Crippen LogP contribution in [0.1, 0.15) is 263 Å². The SMILES string of the molecule is C.C.C.C.C.C.C.C.C.C1CCC1.C1CCC1.C1CCC1.C1CCC1.C1CCC1.CC.CC.CC.CC.CN1C(=O)CC1=O.CN1C(=O)CC1=O.CNC(=O)C1C(OC=O)C(C(=O)NC)C1C(=O)O.[Y].[Y]. The first kappa shape index (κ1) is 110. The molecule has 0 aromatic rings. The average Bonchev–Trinajstić information content (AvgIpc) is 3.13. The summed E-state index contributed by atoms with van der Waals surface area (Å²) in [5.74, 6) is -6.05. The van der Waals surface area contributed by atoms with Crippen LogP contribution in [0.15, 0.2) is 0 Å². The van der Waals surface area contributed by atoms with Crippen LogP contribution in [-0.4, -0.2) is 97.1 Å². The van der Waals surface area contributed by atoms with Crippen LogP contribution >= 0.6 is 0 Å². The molecule has 2 atom stereocenters. The fourth-order valence-electron chi connectivity index (χ4n) is 4.29. The number of aliphatic carboxylic acids is 1. The number of carbonyl (C=O) groups excluding carboxylic acids is 7. The van der Waals surface area contributed by atoms with Crippen LogP contribution in [0.3, 0.4) is 0 Å². The summed E-state index contributed by atoms with van der Waals surface area (Å²) in [7, 11) is 5.64. The van der Waals surface area contributed by atoms with Gasteiger partial charge >= 0.3 is 5.97 Å². The van der Waals surface area contributed by atoms with E-state index in [0.29, 0.717) is 0 Å². The van der Waals surface area contributed by atoms with E-state index in [4.69, 9.17) is 5.11 Å². The molecule has 8 rings (SSSR count). The summed E-state index contributed by atoms with van der Waals surface area (Å²) in [4.78, 5) is 87.4. The van der Waals surface area contributed by atoms with Crippen molar-refractivity contribution in [2.45, 2.75) is 270 Å². The molecular formula is C55H124N4O10Y2. The predicted molar refractivity (Wildman–Crippen MR) is 300 cm³/mol. The maximum absolute atomic E-state index is 11.5. The summed E-state index contributed by atoms with van der Waals surface area (Å²) in [6.45, 7) is 16.1. The Morgan fingerprint density at radius 1 is 0.437 bits per heavy atom. The van der Waals surface area contributed by atoms with Crippen molar-refractivity contribution in [1.82, 2.24) is 20.4 Å². The number of carbonyl (C=O) groups is 8. The third-order valence-corrected chi connectivity index (χ3v) is 10.2. The number of carboxylic acids is 1. The minimum atomic E-state index is -1.28. The molecule has 2 radical (unpaired) electrons. The number of imide groups is 2. The Morgan fingerprint density at radius 3 is 0.676 bits per heavy atom. The summed E-state index contributed by atoms with van der Waals surface area (Å²) in [6, 6.07) is 0. The van der Waals surface area contributed by atoms with Gasteiger partial charge in [-0.15, -0.1) is 0 Å². The Bertz CT molecular complexity index is 1010. The van der Waals surface area contributed by atoms with Crippen LogP contribution in [0.25, 0.3) is 0 Å². The Hall–Kier alpha value is -1.63. The molecule has 0 aromatic carbocycles. The Labute approximate surface area is 493 Å². The van der Waals surface area contributed by atoms with Crippen molar-refractivity contribution in [2.75, 3.05) is 28.2 Å². The monoisotopic (exact) mass is 1180 g/mol. The largest absolute Gasteiger partial charge is 0.481 e. The minimum absolute atomic E-state index is 0. The molecule has 6 saturated carbocycles. The smallest absolute Gasteiger partial charge is 0.308 e. The summed E-state index contributed by atoms with van der Waals surface area (Å²) in [6.07, 6.45) is 29.2. The molecule has 8 aliphatic rings. The fourth-order valence-corrected chi connectivity index (χ4v) is 4.29. The van der Waals surface area contributed by atoms with Gasteiger partial charge < -0.3 is 20.5 Å². The number of carboxylic acid groups (broad SMARTS) is 1. The van der Waals surface area contributed by atoms with Gasteiger partial charge in [0.15, 0.2) is 0 Å². The van der Waals surface area contributed by atoms with E-state index in [2.05, 4.69) is 15.4 Å². The van der Waals surface area contributed by atoms with Gasteiger partial charge in [-0.25, -0.2) is 0 Å². The van der Waals surface area contributed by atoms with Crippen LogP contribution in [0.4, 0.5) is 0 Å². The van der Waals surface area contributed by atoms with Crippen molar-refractivity contribution < 1.29 is 114 Å². The maximum Gasteiger partial charge on any atom is 0.308 e. The van der Waals surface area contributed by atoms with Crippen LogP contribution in [0.2, 0.25) is 0 Å². The predicted octanol–water partition coefficient (Wildman–Crippen LogP) is 14.3. The zero-order chi connectivity index (χ0) is 46.9. The third kappa shape index (κ3) is 50.3. The van der Waals surface area contributed by atoms with E-state index in [9.17, 15) is 38.4 Å². The number of hydrogen-bond donors (Lipinski definition) is 3. The van der Waals surface area contributed by atoms with Crippen LogP contribution in [0, 0.1) is 17.8 Å². The number of ether oxygens (including phenoxy) is 1. The quantitative estimate of drug-likeness (QED) is 0.135. The molecule has 6 amide bonds. The van der Waals surface area contributed by atoms with Gasteiger partial charge in [-0.2, -0.15) is 0 Å². The standard InChI is InChI=1S/C10H14N2O6.2C4H5NO2.5C4H8.4C2H6.9CH4.2Y/c1-11-8(14)5-4(10(16)17)6(9(15)12-2)7(5)18-3-13;2*1-5-3(6)2-4(5)7;5*1-2-4-3-1;4*1-2;;;;;;;;;;;/h3-7H,1-2H3,(H,11,14)(H,12,15)(H,16,17);2*2H2,1H3;5*1-4H2;4*1-2H3;9*1H4;;. The maximum atomic E-state index is 11.5. The van der Waals surface area contributed by atoms with E-state index in [0.717, 1.165) is 9.80 Å². The molecule has 0 aromatic heterocycles. The van der Waals surface area contributed by atoms with Gasteiger partial charge in [0.2, 0.25) is 35.4 Å². The van der Waals surface area contributed by atoms with Gasteiger partial charge in [0.1, 0.15) is 18.9 Å². The molecule has 0 bridgehead atoms. The molecule has 2 saturated heterocycles. The first-order chi connectivity index (χ1) is 28.9. The number of nitrogens with one attached hydrogen (secondary N) is 2. The second-order valence-electron chi connectivity index (χ2n) is 14.0. The molecule has 8 fully saturated rings. The van der Waals surface area contributed by atoms with Gasteiger partial charge in [-0.05, 0) is 0 Å². The number of nitrogens with zero attached hydrogens (tertiary/aromatic N) is 2. The van der Waals surface area contributed by atoms with E-state index >= 15 is 0 Å². The van der Waals surface area contributed by atoms with Crippen molar-refractivity contribution in [3.63, 3.8) is 0 Å². The molecule has 16 heteroatoms. The van der Waals surface area contributed by atoms with Crippen LogP contribution in [0.5, 0.6) is 0 Å². The van der Waals surface area contributed by atoms with Crippen LogP contribution < -0.4 is 10.6 Å². The van der Waals surface area contributed by atoms with Gasteiger partial charge in [0, 0.05) is 93.6 Å². The topological polar surface area (TPSA) is 197 Å². The molecule has 2 unspecified atom stereocenters. The van der Waals surface area contributed by atoms with Gasteiger partial charge in [0.05, 0.1) is 17.8 Å². The van der Waals surface area contributed by atoms with E-state index in [1.54, 1.807) is 0 Å². The molecule has 430 valence electrons. The number of amides is 6. The number of hydrogen-bond acceptors (Lipinski definition) is 9. The molecule has 6 aliphatic carbocycles. The normalized spacial score (nSPS) is 18.5. The van der Waals surface area contributed by atoms with Crippen molar-refractivity contribution in [3.05, 3.63) is 0 Å². The first-order valence-electron chi connectivity index (χ1n) is 23.3. The molecule has 0 spiro atoms. The Balaban J connectivity index is -0.0000000394. The van der Waals surface area contributed by atoms with Crippen molar-refractivity contribution >= 4 is 47.9 Å². The Kier molecular flexibility index (Phi) is 119. The molecule has 2 heterocycles. The van der Waals surface area contributed by atoms with E-state index in [1.807, 2.05) is 55.4 Å². The van der Waals surface area contributed by atoms with Crippen LogP contribution in [-0.2, 0) is 109 Å². The average molecular weight is 1180 g/mol. The fraction of sp³-hybridized carbons (Fsp3) is 0.855. The summed E-state index contributed by atoms with van der Waals surface area (Å²) >= 11 is 0. The number of rotatable bonds is 5. The van der Waals surface area contributed by atoms with E-state index < -0.39 is 41.6 Å². The molecule has 71 heavy (non-hydrogen) atoms. The van der Waals surface area contributed by atoms with Crippen molar-refractivity contribution in [1.29, 1.82) is 0 Å². The molecule has 3 N–H and O–H groups in total. The summed E-state index contributed by atoms with van der Waals surface area (Å²) < 4.78 is 4.66. The zero-order valence-corrected chi connectivity index (χ0v) is 46.8. The van der Waals surface area contributed by atoms with Gasteiger partial charge in [-0.3, -0.25) is 48.2 Å². The molecule has 14 nitrogen and oxygen atoms in total. The first-order valence-corrected chi connectivity index (χ1v) is 23.3. The summed E-state index contributed by atoms with van der Waals surface area (Å²) in [5.41, 5.74) is 0. The molecule has 2 aliphatic heterocycles. The second-order valence-corrected chi connectivity index (χ2v) is 14.0. The van der Waals surface area contributed by atoms with Gasteiger partial charge in [-0.1, -0.05) is 251 Å². The molecular weight excluding hydrogens is 1050 g/mol. The van der Waals surface area contributed by atoms with Crippen molar-refractivity contribution in [3.8, 4) is 0 Å². The zero-order valence-electron chi connectivity index (χ0n) is 41.1.